The van der Waals surface area contributed by atoms with E-state index in [1.165, 1.54) is 44.1 Å². The summed E-state index contributed by atoms with van der Waals surface area (Å²) in [6.45, 7) is 5.73. The number of rotatable bonds is 11. The van der Waals surface area contributed by atoms with Crippen LogP contribution in [-0.2, 0) is 16.0 Å². The van der Waals surface area contributed by atoms with Gasteiger partial charge >= 0.3 is 18.0 Å². The summed E-state index contributed by atoms with van der Waals surface area (Å²) in [4.78, 5) is 31.0. The lowest BCUT2D eigenvalue weighted by Crippen LogP contribution is -2.29. The molecular weight excluding hydrogens is 520 g/mol. The fraction of sp³-hybridized carbons (Fsp3) is 0.640. The van der Waals surface area contributed by atoms with Crippen molar-refractivity contribution in [3.8, 4) is 5.75 Å². The van der Waals surface area contributed by atoms with Crippen LogP contribution in [0.1, 0.15) is 70.3 Å². The first-order chi connectivity index (χ1) is 16.7. The number of hydrogen-bond acceptors (Lipinski definition) is 5. The number of hydrogen-bond donors (Lipinski definition) is 4. The number of carboxylic acid groups (broad SMARTS) is 3. The average Bonchev–Trinajstić information content (AvgIpc) is 2.84. The minimum Gasteiger partial charge on any atom is -0.496 e. The Morgan fingerprint density at radius 1 is 0.943 bits per heavy atom. The second kappa shape index (κ2) is 21.0. The van der Waals surface area contributed by atoms with E-state index < -0.39 is 18.0 Å². The van der Waals surface area contributed by atoms with Crippen LogP contribution in [0.25, 0.3) is 0 Å². The minimum atomic E-state index is -1.82. The van der Waals surface area contributed by atoms with Crippen molar-refractivity contribution >= 4 is 34.0 Å². The molecular formula is C25H41BrN2O7. The van der Waals surface area contributed by atoms with E-state index in [1.54, 1.807) is 7.11 Å². The van der Waals surface area contributed by atoms with Gasteiger partial charge in [0.1, 0.15) is 5.75 Å². The molecule has 1 fully saturated rings. The molecule has 2 rings (SSSR count). The van der Waals surface area contributed by atoms with Crippen molar-refractivity contribution in [2.45, 2.75) is 71.1 Å². The molecule has 1 aromatic carbocycles. The molecule has 0 unspecified atom stereocenters. The lowest BCUT2D eigenvalue weighted by atomic mass is 10.0. The van der Waals surface area contributed by atoms with Crippen molar-refractivity contribution in [2.75, 3.05) is 33.3 Å². The van der Waals surface area contributed by atoms with Crippen LogP contribution in [0.5, 0.6) is 5.75 Å². The highest BCUT2D eigenvalue weighted by molar-refractivity contribution is 9.10. The minimum absolute atomic E-state index is 0.523. The molecule has 0 spiro atoms. The first kappa shape index (κ1) is 32.7. The number of nitrogens with one attached hydrogen (secondary N) is 1. The molecule has 0 bridgehead atoms. The Balaban J connectivity index is 0.000000781. The molecule has 0 radical (unpaired) electrons. The van der Waals surface area contributed by atoms with Gasteiger partial charge in [-0.05, 0) is 62.5 Å². The summed E-state index contributed by atoms with van der Waals surface area (Å²) in [5.41, 5.74) is 1.20. The number of carboxylic acids is 2. The van der Waals surface area contributed by atoms with E-state index in [9.17, 15) is 4.79 Å². The van der Waals surface area contributed by atoms with Gasteiger partial charge in [-0.15, -0.1) is 0 Å². The van der Waals surface area contributed by atoms with Crippen LogP contribution in [0.4, 0.5) is 4.79 Å². The summed E-state index contributed by atoms with van der Waals surface area (Å²) < 4.78 is 6.49. The van der Waals surface area contributed by atoms with Gasteiger partial charge in [-0.1, -0.05) is 61.4 Å². The van der Waals surface area contributed by atoms with Crippen LogP contribution in [0.15, 0.2) is 22.7 Å². The van der Waals surface area contributed by atoms with Gasteiger partial charge in [-0.3, -0.25) is 0 Å². The van der Waals surface area contributed by atoms with Crippen molar-refractivity contribution in [2.24, 2.45) is 0 Å². The van der Waals surface area contributed by atoms with Crippen LogP contribution < -0.4 is 10.1 Å². The molecule has 0 aliphatic heterocycles. The summed E-state index contributed by atoms with van der Waals surface area (Å²) in [6, 6.07) is 6.09. The van der Waals surface area contributed by atoms with Gasteiger partial charge in [-0.2, -0.15) is 0 Å². The summed E-state index contributed by atoms with van der Waals surface area (Å²) in [6.07, 6.45) is 12.0. The van der Waals surface area contributed by atoms with Gasteiger partial charge < -0.3 is 30.3 Å². The molecule has 1 aliphatic carbocycles. The highest BCUT2D eigenvalue weighted by Crippen LogP contribution is 2.23. The Bertz CT molecular complexity index is 719. The Morgan fingerprint density at radius 2 is 1.51 bits per heavy atom. The molecule has 1 aliphatic rings. The van der Waals surface area contributed by atoms with Crippen molar-refractivity contribution in [1.29, 1.82) is 0 Å². The molecule has 9 nitrogen and oxygen atoms in total. The van der Waals surface area contributed by atoms with E-state index in [-0.39, 0.29) is 0 Å². The van der Waals surface area contributed by atoms with E-state index in [2.05, 4.69) is 39.1 Å². The number of halogens is 1. The standard InChI is InChI=1S/C17H27BrN2O3.C6H12.C2H2O4/c1-3-10-20(11-5-4-9-19-17(21)22)12-8-14-13-15(18)6-7-16(14)23-2;1-2-4-6-5-3-1;3-1(4)2(5)6/h6-7,13,19H,3-5,8-12H2,1-2H3,(H,21,22);1-6H2;(H,3,4)(H,5,6). The molecule has 1 amide bonds. The van der Waals surface area contributed by atoms with E-state index in [0.29, 0.717) is 6.54 Å². The largest absolute Gasteiger partial charge is 0.496 e. The van der Waals surface area contributed by atoms with Crippen LogP contribution in [0, 0.1) is 0 Å². The molecule has 1 saturated carbocycles. The van der Waals surface area contributed by atoms with Crippen LogP contribution in [0.3, 0.4) is 0 Å². The quantitative estimate of drug-likeness (QED) is 0.212. The van der Waals surface area contributed by atoms with Gasteiger partial charge in [0.05, 0.1) is 7.11 Å². The third kappa shape index (κ3) is 18.6. The molecule has 4 N–H and O–H groups in total. The lowest BCUT2D eigenvalue weighted by Gasteiger charge is -2.22. The highest BCUT2D eigenvalue weighted by Gasteiger charge is 2.08. The maximum Gasteiger partial charge on any atom is 0.414 e. The number of methoxy groups -OCH3 is 1. The molecule has 0 saturated heterocycles. The summed E-state index contributed by atoms with van der Waals surface area (Å²) in [7, 11) is 1.70. The van der Waals surface area contributed by atoms with Crippen molar-refractivity contribution in [3.05, 3.63) is 28.2 Å². The van der Waals surface area contributed by atoms with E-state index in [1.807, 2.05) is 12.1 Å². The Hall–Kier alpha value is -2.33. The van der Waals surface area contributed by atoms with Gasteiger partial charge in [0.15, 0.2) is 0 Å². The van der Waals surface area contributed by atoms with Crippen LogP contribution >= 0.6 is 15.9 Å². The monoisotopic (exact) mass is 560 g/mol. The Kier molecular flexibility index (Phi) is 19.6. The molecule has 10 heteroatoms. The zero-order chi connectivity index (χ0) is 26.5. The smallest absolute Gasteiger partial charge is 0.414 e. The van der Waals surface area contributed by atoms with E-state index in [0.717, 1.165) is 55.5 Å². The lowest BCUT2D eigenvalue weighted by molar-refractivity contribution is -0.159. The topological polar surface area (TPSA) is 136 Å². The SMILES string of the molecule is C1CCCCC1.CCCN(CCCCNC(=O)O)CCc1cc(Br)ccc1OC.O=C(O)C(=O)O. The van der Waals surface area contributed by atoms with Crippen LogP contribution in [-0.4, -0.2) is 71.5 Å². The number of amides is 1. The maximum atomic E-state index is 10.4. The Labute approximate surface area is 217 Å². The summed E-state index contributed by atoms with van der Waals surface area (Å²) >= 11 is 3.51. The number of aliphatic carboxylic acids is 2. The Morgan fingerprint density at radius 3 is 1.97 bits per heavy atom. The predicted octanol–water partition coefficient (Wildman–Crippen LogP) is 5.26. The first-order valence-electron chi connectivity index (χ1n) is 12.2. The third-order valence-electron chi connectivity index (χ3n) is 5.34. The zero-order valence-corrected chi connectivity index (χ0v) is 22.5. The zero-order valence-electron chi connectivity index (χ0n) is 20.9. The van der Waals surface area contributed by atoms with Gasteiger partial charge in [0.25, 0.3) is 0 Å². The number of unbranched alkanes of at least 4 members (excludes halogenated alkanes) is 1. The van der Waals surface area contributed by atoms with Gasteiger partial charge in [-0.25, -0.2) is 14.4 Å². The normalized spacial score (nSPS) is 12.5. The fourth-order valence-electron chi connectivity index (χ4n) is 3.59. The van der Waals surface area contributed by atoms with Crippen LogP contribution in [0.2, 0.25) is 0 Å². The fourth-order valence-corrected chi connectivity index (χ4v) is 4.00. The summed E-state index contributed by atoms with van der Waals surface area (Å²) in [5, 5.41) is 25.7. The molecule has 0 atom stereocenters. The first-order valence-corrected chi connectivity index (χ1v) is 13.0. The molecule has 200 valence electrons. The number of carbonyl (C=O) groups is 3. The van der Waals surface area contributed by atoms with Crippen molar-refractivity contribution in [3.63, 3.8) is 0 Å². The molecule has 35 heavy (non-hydrogen) atoms. The molecule has 0 heterocycles. The van der Waals surface area contributed by atoms with Crippen molar-refractivity contribution < 1.29 is 34.4 Å². The van der Waals surface area contributed by atoms with Crippen molar-refractivity contribution in [1.82, 2.24) is 10.2 Å². The summed E-state index contributed by atoms with van der Waals surface area (Å²) in [5.74, 6) is -2.72. The number of nitrogens with zero attached hydrogens (tertiary/aromatic N) is 1. The second-order valence-electron chi connectivity index (χ2n) is 8.22. The van der Waals surface area contributed by atoms with E-state index >= 15 is 0 Å². The van der Waals surface area contributed by atoms with E-state index in [4.69, 9.17) is 29.6 Å². The third-order valence-corrected chi connectivity index (χ3v) is 5.83. The van der Waals surface area contributed by atoms with Gasteiger partial charge in [0, 0.05) is 17.6 Å². The predicted molar refractivity (Wildman–Crippen MR) is 139 cm³/mol. The number of benzene rings is 1. The maximum absolute atomic E-state index is 10.4. The molecule has 1 aromatic rings. The average molecular weight is 562 g/mol. The number of ether oxygens (including phenoxy) is 1. The van der Waals surface area contributed by atoms with Gasteiger partial charge in [0.2, 0.25) is 0 Å². The highest BCUT2D eigenvalue weighted by atomic mass is 79.9. The second-order valence-corrected chi connectivity index (χ2v) is 9.13. The molecule has 0 aromatic heterocycles.